The maximum atomic E-state index is 8.91. The van der Waals surface area contributed by atoms with E-state index >= 15 is 0 Å². The van der Waals surface area contributed by atoms with Crippen molar-refractivity contribution in [2.75, 3.05) is 0 Å². The van der Waals surface area contributed by atoms with Gasteiger partial charge in [-0.3, -0.25) is 0 Å². The van der Waals surface area contributed by atoms with Crippen LogP contribution in [0.25, 0.3) is 10.9 Å². The molecule has 1 aromatic heterocycles. The predicted octanol–water partition coefficient (Wildman–Crippen LogP) is 4.09. The van der Waals surface area contributed by atoms with Crippen molar-refractivity contribution in [3.05, 3.63) is 36.0 Å². The zero-order valence-corrected chi connectivity index (χ0v) is 10.6. The van der Waals surface area contributed by atoms with Gasteiger partial charge in [0.2, 0.25) is 0 Å². The van der Waals surface area contributed by atoms with Crippen LogP contribution in [0.5, 0.6) is 0 Å². The van der Waals surface area contributed by atoms with Gasteiger partial charge in [-0.1, -0.05) is 19.3 Å². The Kier molecular flexibility index (Phi) is 3.06. The van der Waals surface area contributed by atoms with Crippen molar-refractivity contribution >= 4 is 10.9 Å². The molecule has 0 unspecified atom stereocenters. The Morgan fingerprint density at radius 2 is 2.00 bits per heavy atom. The highest BCUT2D eigenvalue weighted by molar-refractivity contribution is 5.81. The fraction of sp³-hybridized carbons (Fsp3) is 0.438. The zero-order chi connectivity index (χ0) is 12.4. The van der Waals surface area contributed by atoms with Crippen LogP contribution < -0.4 is 0 Å². The van der Waals surface area contributed by atoms with Crippen LogP contribution in [-0.4, -0.2) is 4.57 Å². The molecule has 0 atom stereocenters. The summed E-state index contributed by atoms with van der Waals surface area (Å²) >= 11 is 0. The first kappa shape index (κ1) is 11.3. The third-order valence-electron chi connectivity index (χ3n) is 4.08. The fourth-order valence-electron chi connectivity index (χ4n) is 3.08. The Hall–Kier alpha value is -1.75. The first-order valence-corrected chi connectivity index (χ1v) is 6.86. The van der Waals surface area contributed by atoms with Crippen molar-refractivity contribution in [3.63, 3.8) is 0 Å². The van der Waals surface area contributed by atoms with Gasteiger partial charge in [-0.25, -0.2) is 0 Å². The van der Waals surface area contributed by atoms with Crippen molar-refractivity contribution in [2.45, 2.75) is 38.6 Å². The molecule has 1 heterocycles. The molecule has 0 N–H and O–H groups in total. The molecule has 1 aliphatic rings. The number of rotatable bonds is 2. The molecule has 3 rings (SSSR count). The Labute approximate surface area is 108 Å². The van der Waals surface area contributed by atoms with Gasteiger partial charge in [-0.15, -0.1) is 0 Å². The zero-order valence-electron chi connectivity index (χ0n) is 10.6. The minimum atomic E-state index is 0.748. The Balaban J connectivity index is 1.86. The molecule has 2 aromatic rings. The first-order chi connectivity index (χ1) is 8.86. The fourth-order valence-corrected chi connectivity index (χ4v) is 3.08. The van der Waals surface area contributed by atoms with E-state index in [0.29, 0.717) is 0 Å². The topological polar surface area (TPSA) is 28.7 Å². The summed E-state index contributed by atoms with van der Waals surface area (Å²) in [5.41, 5.74) is 2.01. The van der Waals surface area contributed by atoms with Crippen LogP contribution >= 0.6 is 0 Å². The van der Waals surface area contributed by atoms with E-state index in [0.717, 1.165) is 18.0 Å². The SMILES string of the molecule is N#Cc1ccc2c(ccn2CC2CCCCC2)c1. The molecule has 0 bridgehead atoms. The van der Waals surface area contributed by atoms with E-state index in [1.165, 1.54) is 43.0 Å². The smallest absolute Gasteiger partial charge is 0.0991 e. The van der Waals surface area contributed by atoms with E-state index in [1.54, 1.807) is 0 Å². The second-order valence-corrected chi connectivity index (χ2v) is 5.36. The molecule has 2 heteroatoms. The largest absolute Gasteiger partial charge is 0.347 e. The molecule has 0 amide bonds. The van der Waals surface area contributed by atoms with Crippen LogP contribution in [-0.2, 0) is 6.54 Å². The molecule has 0 aliphatic heterocycles. The maximum absolute atomic E-state index is 8.91. The molecular weight excluding hydrogens is 220 g/mol. The average molecular weight is 238 g/mol. The maximum Gasteiger partial charge on any atom is 0.0991 e. The highest BCUT2D eigenvalue weighted by atomic mass is 15.0. The normalized spacial score (nSPS) is 16.8. The summed E-state index contributed by atoms with van der Waals surface area (Å²) in [5, 5.41) is 10.1. The van der Waals surface area contributed by atoms with Crippen LogP contribution in [0.1, 0.15) is 37.7 Å². The molecule has 1 fully saturated rings. The van der Waals surface area contributed by atoms with Crippen LogP contribution in [0.4, 0.5) is 0 Å². The number of benzene rings is 1. The van der Waals surface area contributed by atoms with Gasteiger partial charge in [0.25, 0.3) is 0 Å². The lowest BCUT2D eigenvalue weighted by Crippen LogP contribution is -2.13. The van der Waals surface area contributed by atoms with Crippen molar-refractivity contribution in [1.29, 1.82) is 5.26 Å². The molecule has 1 aromatic carbocycles. The second kappa shape index (κ2) is 4.86. The minimum absolute atomic E-state index is 0.748. The van der Waals surface area contributed by atoms with Gasteiger partial charge in [0, 0.05) is 23.6 Å². The van der Waals surface area contributed by atoms with Gasteiger partial charge in [0.05, 0.1) is 11.6 Å². The summed E-state index contributed by atoms with van der Waals surface area (Å²) in [7, 11) is 0. The van der Waals surface area contributed by atoms with E-state index in [1.807, 2.05) is 12.1 Å². The average Bonchev–Trinajstić information content (AvgIpc) is 2.82. The number of aromatic nitrogens is 1. The van der Waals surface area contributed by atoms with Gasteiger partial charge < -0.3 is 4.57 Å². The van der Waals surface area contributed by atoms with Gasteiger partial charge in [0.15, 0.2) is 0 Å². The van der Waals surface area contributed by atoms with E-state index in [4.69, 9.17) is 5.26 Å². The van der Waals surface area contributed by atoms with Crippen molar-refractivity contribution in [2.24, 2.45) is 5.92 Å². The summed E-state index contributed by atoms with van der Waals surface area (Å²) in [6.45, 7) is 1.13. The number of nitrogens with zero attached hydrogens (tertiary/aromatic N) is 2. The number of nitriles is 1. The van der Waals surface area contributed by atoms with E-state index in [-0.39, 0.29) is 0 Å². The molecule has 0 radical (unpaired) electrons. The highest BCUT2D eigenvalue weighted by Gasteiger charge is 2.14. The number of hydrogen-bond donors (Lipinski definition) is 0. The monoisotopic (exact) mass is 238 g/mol. The Morgan fingerprint density at radius 1 is 1.17 bits per heavy atom. The molecule has 18 heavy (non-hydrogen) atoms. The molecule has 2 nitrogen and oxygen atoms in total. The van der Waals surface area contributed by atoms with E-state index in [2.05, 4.69) is 29.0 Å². The molecule has 92 valence electrons. The molecule has 1 saturated carbocycles. The van der Waals surface area contributed by atoms with Gasteiger partial charge in [-0.2, -0.15) is 5.26 Å². The lowest BCUT2D eigenvalue weighted by atomic mass is 9.89. The molecular formula is C16H18N2. The molecule has 1 aliphatic carbocycles. The van der Waals surface area contributed by atoms with Gasteiger partial charge in [-0.05, 0) is 43.0 Å². The number of hydrogen-bond acceptors (Lipinski definition) is 1. The highest BCUT2D eigenvalue weighted by Crippen LogP contribution is 2.27. The predicted molar refractivity (Wildman–Crippen MR) is 73.2 cm³/mol. The Bertz CT molecular complexity index is 583. The summed E-state index contributed by atoms with van der Waals surface area (Å²) in [6, 6.07) is 10.3. The second-order valence-electron chi connectivity index (χ2n) is 5.36. The molecule has 0 spiro atoms. The van der Waals surface area contributed by atoms with Crippen LogP contribution in [0.15, 0.2) is 30.5 Å². The number of fused-ring (bicyclic) bond motifs is 1. The van der Waals surface area contributed by atoms with Gasteiger partial charge >= 0.3 is 0 Å². The lowest BCUT2D eigenvalue weighted by Gasteiger charge is -2.22. The van der Waals surface area contributed by atoms with E-state index < -0.39 is 0 Å². The van der Waals surface area contributed by atoms with Crippen molar-refractivity contribution < 1.29 is 0 Å². The molecule has 0 saturated heterocycles. The van der Waals surface area contributed by atoms with E-state index in [9.17, 15) is 0 Å². The van der Waals surface area contributed by atoms with Crippen LogP contribution in [0.2, 0.25) is 0 Å². The summed E-state index contributed by atoms with van der Waals surface area (Å²) < 4.78 is 2.35. The van der Waals surface area contributed by atoms with Crippen LogP contribution in [0, 0.1) is 17.2 Å². The van der Waals surface area contributed by atoms with Crippen LogP contribution in [0.3, 0.4) is 0 Å². The minimum Gasteiger partial charge on any atom is -0.347 e. The quantitative estimate of drug-likeness (QED) is 0.774. The van der Waals surface area contributed by atoms with Gasteiger partial charge in [0.1, 0.15) is 0 Å². The standard InChI is InChI=1S/C16H18N2/c17-11-14-6-7-16-15(10-14)8-9-18(16)12-13-4-2-1-3-5-13/h6-10,13H,1-5,12H2. The third-order valence-corrected chi connectivity index (χ3v) is 4.08. The Morgan fingerprint density at radius 3 is 2.78 bits per heavy atom. The summed E-state index contributed by atoms with van der Waals surface area (Å²) in [5.74, 6) is 0.838. The third kappa shape index (κ3) is 2.13. The van der Waals surface area contributed by atoms with Crippen molar-refractivity contribution in [3.8, 4) is 6.07 Å². The summed E-state index contributed by atoms with van der Waals surface area (Å²) in [4.78, 5) is 0. The summed E-state index contributed by atoms with van der Waals surface area (Å²) in [6.07, 6.45) is 9.10. The first-order valence-electron chi connectivity index (χ1n) is 6.86. The van der Waals surface area contributed by atoms with Crippen molar-refractivity contribution in [1.82, 2.24) is 4.57 Å². The lowest BCUT2D eigenvalue weighted by molar-refractivity contribution is 0.322.